The molecule has 0 aliphatic carbocycles. The molecule has 496 valence electrons. The first kappa shape index (κ1) is 67.1. The van der Waals surface area contributed by atoms with E-state index >= 15 is 0 Å². The fraction of sp³-hybridized carbons (Fsp3) is 0.0204. The Hall–Kier alpha value is -12.8. The van der Waals surface area contributed by atoms with Crippen molar-refractivity contribution in [1.82, 2.24) is 163 Å². The Morgan fingerprint density at radius 3 is 0.381 bits per heavy atom. The number of hydrogen-bond acceptors (Lipinski definition) is 22. The van der Waals surface area contributed by atoms with Crippen molar-refractivity contribution in [2.75, 3.05) is 0 Å². The summed E-state index contributed by atoms with van der Waals surface area (Å²) in [6.07, 6.45) is 22.1. The number of aromatic nitrogens is 32. The van der Waals surface area contributed by atoms with E-state index in [2.05, 4.69) is 163 Å². The van der Waals surface area contributed by atoms with Crippen LogP contribution in [0, 0.1) is 15.3 Å². The minimum Gasteiger partial charge on any atom is -0.741 e. The third kappa shape index (κ3) is 13.1. The van der Waals surface area contributed by atoms with Gasteiger partial charge in [0.1, 0.15) is 0 Å². The number of alkyl halides is 3. The predicted octanol–water partition coefficient (Wildman–Crippen LogP) is -8.36. The van der Waals surface area contributed by atoms with E-state index in [4.69, 9.17) is 28.3 Å². The fourth-order valence-corrected chi connectivity index (χ4v) is 11.8. The summed E-state index contributed by atoms with van der Waals surface area (Å²) in [5, 5.41) is 131. The van der Waals surface area contributed by atoms with Crippen molar-refractivity contribution < 1.29 is 51.7 Å². The smallest absolute Gasteiger partial charge is 0.741 e. The zero-order valence-corrected chi connectivity index (χ0v) is 51.6. The fourth-order valence-electron chi connectivity index (χ4n) is 11.8. The van der Waals surface area contributed by atoms with Crippen LogP contribution in [0.2, 0.25) is 0 Å². The van der Waals surface area contributed by atoms with Gasteiger partial charge in [-0.3, -0.25) is 81.6 Å². The predicted molar refractivity (Wildman–Crippen MR) is 341 cm³/mol. The molecule has 0 atom stereocenters. The van der Waals surface area contributed by atoms with Gasteiger partial charge in [-0.1, -0.05) is 187 Å². The second kappa shape index (κ2) is 29.4. The summed E-state index contributed by atoms with van der Waals surface area (Å²) in [5.74, 6) is 0. The molecule has 0 saturated heterocycles. The zero-order chi connectivity index (χ0) is 67.1. The van der Waals surface area contributed by atoms with Gasteiger partial charge in [-0.25, -0.2) is 90.0 Å². The van der Waals surface area contributed by atoms with Crippen molar-refractivity contribution >= 4 is 124 Å². The van der Waals surface area contributed by atoms with Crippen LogP contribution in [0.4, 0.5) is 13.2 Å². The van der Waals surface area contributed by atoms with E-state index in [0.29, 0.717) is 0 Å². The molecular weight excluding hydrogens is 1390 g/mol. The Balaban J connectivity index is 0.000000132. The third-order valence-electron chi connectivity index (χ3n) is 15.7. The number of hydrogen-bond donors (Lipinski definition) is 16. The first-order chi connectivity index (χ1) is 46.7. The molecule has 16 rings (SSSR count). The van der Waals surface area contributed by atoms with Gasteiger partial charge in [-0.15, -0.1) is 0 Å². The van der Waals surface area contributed by atoms with Gasteiger partial charge >= 0.3 is 25.9 Å². The zero-order valence-electron chi connectivity index (χ0n) is 49.2. The van der Waals surface area contributed by atoms with Crippen molar-refractivity contribution in [2.24, 2.45) is 0 Å². The molecule has 16 N–H and O–H groups in total. The van der Waals surface area contributed by atoms with Crippen LogP contribution in [-0.2, 0) is 30.5 Å². The molecule has 0 saturated carbocycles. The minimum atomic E-state index is -6.09. The van der Waals surface area contributed by atoms with Crippen LogP contribution in [-0.4, -0.2) is 211 Å². The third-order valence-corrected chi connectivity index (χ3v) is 16.3. The Bertz CT molecular complexity index is 3680. The van der Waals surface area contributed by atoms with Crippen molar-refractivity contribution in [2.45, 2.75) is 5.51 Å². The maximum absolute atomic E-state index is 10.7. The van der Waals surface area contributed by atoms with Crippen molar-refractivity contribution in [3.63, 3.8) is 0 Å². The molecule has 39 nitrogen and oxygen atoms in total. The molecule has 0 aromatic carbocycles. The Morgan fingerprint density at radius 2 is 0.340 bits per heavy atom. The molecule has 0 amide bonds. The molecule has 0 spiro atoms. The summed E-state index contributed by atoms with van der Waals surface area (Å²) in [7, 11) is -6.09. The molecule has 48 heteroatoms. The summed E-state index contributed by atoms with van der Waals surface area (Å²) in [6, 6.07) is 30.9. The molecule has 0 fully saturated rings. The van der Waals surface area contributed by atoms with E-state index in [1.165, 1.54) is 0 Å². The molecule has 97 heavy (non-hydrogen) atoms. The first-order valence-corrected chi connectivity index (χ1v) is 29.6. The molecule has 0 radical (unpaired) electrons. The molecule has 16 aromatic rings. The standard InChI is InChI=1S/4C12H12BN8.CHF3O3S.NO3.Pd/c4*1-5-14-18-9(1)13(10-2-6-15-19-10,11-3-7-16-20-11)12-4-8-17-21-12;2-1(3,4)8(5,6)7;2-1(3)4;/h4*1-8H,(H,14,18)(H,15,19)(H,16,20)(H,17,21);(H,5,6,7);;/q4*-1;;-1;+4/p-1. The van der Waals surface area contributed by atoms with E-state index in [0.717, 1.165) is 89.5 Å². The quantitative estimate of drug-likeness (QED) is 0.0140. The Labute approximate surface area is 553 Å². The van der Waals surface area contributed by atoms with E-state index in [9.17, 15) is 13.2 Å². The molecule has 0 aliphatic rings. The normalized spacial score (nSPS) is 11.6. The summed E-state index contributed by atoms with van der Waals surface area (Å²) in [6.45, 7) is 0. The number of rotatable bonds is 16. The van der Waals surface area contributed by atoms with E-state index < -0.39 is 45.3 Å². The maximum Gasteiger partial charge on any atom is 4.00 e. The second-order valence-electron chi connectivity index (χ2n) is 20.6. The topological polar surface area (TPSA) is 582 Å². The molecule has 0 aliphatic heterocycles. The number of nitrogens with zero attached hydrogens (tertiary/aromatic N) is 17. The van der Waals surface area contributed by atoms with Crippen LogP contribution in [0.15, 0.2) is 196 Å². The van der Waals surface area contributed by atoms with Gasteiger partial charge < -0.3 is 19.9 Å². The van der Waals surface area contributed by atoms with Gasteiger partial charge in [0.25, 0.3) is 0 Å². The van der Waals surface area contributed by atoms with Crippen LogP contribution in [0.5, 0.6) is 0 Å². The van der Waals surface area contributed by atoms with Gasteiger partial charge in [0.15, 0.2) is 34.7 Å². The number of nitrogens with one attached hydrogen (secondary N) is 16. The van der Waals surface area contributed by atoms with E-state index in [-0.39, 0.29) is 20.4 Å². The number of H-pyrrole nitrogens is 16. The molecule has 16 aromatic heterocycles. The van der Waals surface area contributed by atoms with Crippen molar-refractivity contribution in [1.29, 1.82) is 0 Å². The monoisotopic (exact) mass is 1430 g/mol. The first-order valence-electron chi connectivity index (χ1n) is 28.2. The molecular formula is C49H48B4F3N33O6PdS-2. The van der Waals surface area contributed by atoms with E-state index in [1.807, 2.05) is 97.1 Å². The van der Waals surface area contributed by atoms with Gasteiger partial charge in [-0.2, -0.15) is 13.2 Å². The van der Waals surface area contributed by atoms with Crippen LogP contribution in [0.1, 0.15) is 0 Å². The van der Waals surface area contributed by atoms with Crippen molar-refractivity contribution in [3.05, 3.63) is 212 Å². The second-order valence-corrected chi connectivity index (χ2v) is 21.9. The average molecular weight is 1430 g/mol. The molecule has 0 bridgehead atoms. The van der Waals surface area contributed by atoms with Crippen LogP contribution in [0.25, 0.3) is 0 Å². The van der Waals surface area contributed by atoms with Gasteiger partial charge in [0.05, 0.1) is 5.09 Å². The summed E-state index contributed by atoms with van der Waals surface area (Å²) in [4.78, 5) is 8.25. The largest absolute Gasteiger partial charge is 4.00 e. The maximum atomic E-state index is 10.7. The Morgan fingerprint density at radius 1 is 0.268 bits per heavy atom. The average Bonchev–Trinajstić information content (AvgIpc) is 1.68. The summed E-state index contributed by atoms with van der Waals surface area (Å²) >= 11 is 0. The number of aromatic amines is 16. The van der Waals surface area contributed by atoms with Crippen LogP contribution in [0.3, 0.4) is 0 Å². The van der Waals surface area contributed by atoms with Crippen LogP contribution < -0.4 is 89.5 Å². The summed E-state index contributed by atoms with van der Waals surface area (Å²) in [5.41, 5.74) is 7.71. The minimum absolute atomic E-state index is 0. The SMILES string of the molecule is O=S(=O)([O-])C(F)(F)F.O=[N+]([O-])[O-].[Pd+4].c1cc([B-](c2cc[nH]n2)(c2cc[nH]n2)c2cc[nH]n2)n[nH]1.c1cc([B-](c2cc[nH]n2)(c2cc[nH]n2)c2cc[nH]n2)n[nH]1.c1cc([B-](c2cc[nH]n2)(c2cc[nH]n2)c2cc[nH]n2)n[nH]1.c1cc([B-](c2cc[nH]n2)(c2cc[nH]n2)c2cc[nH]n2)n[nH]1. The van der Waals surface area contributed by atoms with Gasteiger partial charge in [-0.05, 0) is 0 Å². The summed E-state index contributed by atoms with van der Waals surface area (Å²) < 4.78 is 58.9. The number of halogens is 3. The molecule has 16 heterocycles. The Kier molecular flexibility index (Phi) is 20.3. The van der Waals surface area contributed by atoms with Gasteiger partial charge in [0, 0.05) is 99.1 Å². The van der Waals surface area contributed by atoms with Gasteiger partial charge in [0.2, 0.25) is 0 Å². The van der Waals surface area contributed by atoms with Crippen LogP contribution >= 0.6 is 0 Å². The molecule has 0 unspecified atom stereocenters. The van der Waals surface area contributed by atoms with Crippen molar-refractivity contribution in [3.8, 4) is 0 Å². The van der Waals surface area contributed by atoms with E-state index in [1.54, 1.807) is 99.1 Å².